The van der Waals surface area contributed by atoms with Gasteiger partial charge in [0.05, 0.1) is 35.2 Å². The van der Waals surface area contributed by atoms with E-state index in [0.717, 1.165) is 24.2 Å². The minimum absolute atomic E-state index is 0.107. The molecule has 2 aromatic carbocycles. The van der Waals surface area contributed by atoms with E-state index in [1.54, 1.807) is 19.2 Å². The fraction of sp³-hybridized carbons (Fsp3) is 0.360. The first-order valence-corrected chi connectivity index (χ1v) is 12.8. The molecule has 184 valence electrons. The fourth-order valence-electron chi connectivity index (χ4n) is 4.25. The Hall–Kier alpha value is -3.04. The molecule has 1 fully saturated rings. The van der Waals surface area contributed by atoms with E-state index >= 15 is 0 Å². The zero-order valence-electron chi connectivity index (χ0n) is 20.0. The Labute approximate surface area is 214 Å². The molecule has 1 N–H and O–H groups in total. The molecule has 1 aliphatic rings. The Morgan fingerprint density at radius 2 is 2.03 bits per heavy atom. The molecule has 1 atom stereocenters. The second kappa shape index (κ2) is 11.1. The first-order valence-electron chi connectivity index (χ1n) is 11.5. The number of anilines is 1. The van der Waals surface area contributed by atoms with Crippen LogP contribution in [0.15, 0.2) is 47.6 Å². The summed E-state index contributed by atoms with van der Waals surface area (Å²) >= 11 is 7.60. The minimum atomic E-state index is -0.189. The number of aromatic nitrogens is 3. The lowest BCUT2D eigenvalue weighted by atomic mass is 10.1. The Morgan fingerprint density at radius 3 is 2.77 bits per heavy atom. The van der Waals surface area contributed by atoms with Gasteiger partial charge in [-0.25, -0.2) is 0 Å². The highest BCUT2D eigenvalue weighted by molar-refractivity contribution is 7.99. The van der Waals surface area contributed by atoms with Crippen LogP contribution in [0, 0.1) is 6.92 Å². The predicted molar refractivity (Wildman–Crippen MR) is 137 cm³/mol. The number of carbonyl (C=O) groups is 2. The maximum absolute atomic E-state index is 13.2. The van der Waals surface area contributed by atoms with Gasteiger partial charge < -0.3 is 19.5 Å². The number of hydrogen-bond donors (Lipinski definition) is 1. The van der Waals surface area contributed by atoms with Crippen LogP contribution < -0.4 is 10.1 Å². The number of rotatable bonds is 8. The van der Waals surface area contributed by atoms with E-state index in [0.29, 0.717) is 40.3 Å². The molecular formula is C25H28ClN5O3S. The predicted octanol–water partition coefficient (Wildman–Crippen LogP) is 4.98. The molecule has 0 spiro atoms. The van der Waals surface area contributed by atoms with Crippen LogP contribution in [0.2, 0.25) is 5.02 Å². The van der Waals surface area contributed by atoms with Crippen molar-refractivity contribution >= 4 is 40.9 Å². The molecule has 0 saturated carbocycles. The first kappa shape index (κ1) is 25.1. The number of ether oxygens (including phenoxy) is 1. The van der Waals surface area contributed by atoms with Crippen LogP contribution >= 0.6 is 23.4 Å². The summed E-state index contributed by atoms with van der Waals surface area (Å²) in [6, 6.07) is 12.5. The van der Waals surface area contributed by atoms with Gasteiger partial charge >= 0.3 is 0 Å². The van der Waals surface area contributed by atoms with Gasteiger partial charge in [-0.3, -0.25) is 9.59 Å². The van der Waals surface area contributed by atoms with E-state index in [2.05, 4.69) is 15.5 Å². The van der Waals surface area contributed by atoms with Gasteiger partial charge in [0.15, 0.2) is 11.0 Å². The molecular weight excluding hydrogens is 486 g/mol. The Morgan fingerprint density at radius 1 is 1.23 bits per heavy atom. The van der Waals surface area contributed by atoms with E-state index in [1.165, 1.54) is 11.8 Å². The zero-order chi connectivity index (χ0) is 24.9. The first-order chi connectivity index (χ1) is 16.9. The third kappa shape index (κ3) is 5.46. The van der Waals surface area contributed by atoms with Gasteiger partial charge in [0, 0.05) is 13.1 Å². The molecule has 0 bridgehead atoms. The average molecular weight is 514 g/mol. The molecule has 1 aliphatic heterocycles. The number of hydrogen-bond acceptors (Lipinski definition) is 6. The quantitative estimate of drug-likeness (QED) is 0.427. The van der Waals surface area contributed by atoms with Gasteiger partial charge in [0.1, 0.15) is 5.75 Å². The number of likely N-dealkylation sites (tertiary alicyclic amines) is 1. The van der Waals surface area contributed by atoms with E-state index in [9.17, 15) is 9.59 Å². The number of nitrogens with zero attached hydrogens (tertiary/aromatic N) is 4. The lowest BCUT2D eigenvalue weighted by molar-refractivity contribution is -0.113. The molecule has 8 nitrogen and oxygen atoms in total. The van der Waals surface area contributed by atoms with Crippen molar-refractivity contribution in [3.8, 4) is 5.75 Å². The van der Waals surface area contributed by atoms with Gasteiger partial charge in [0.25, 0.3) is 5.91 Å². The molecule has 2 heterocycles. The van der Waals surface area contributed by atoms with Crippen molar-refractivity contribution in [1.82, 2.24) is 19.7 Å². The monoisotopic (exact) mass is 513 g/mol. The lowest BCUT2D eigenvalue weighted by Crippen LogP contribution is -2.32. The highest BCUT2D eigenvalue weighted by Gasteiger charge is 2.35. The molecule has 0 radical (unpaired) electrons. The average Bonchev–Trinajstić information content (AvgIpc) is 3.49. The normalized spacial score (nSPS) is 15.3. The van der Waals surface area contributed by atoms with E-state index < -0.39 is 0 Å². The van der Waals surface area contributed by atoms with Gasteiger partial charge in [-0.2, -0.15) is 0 Å². The Kier molecular flexibility index (Phi) is 7.97. The number of methoxy groups -OCH3 is 1. The zero-order valence-corrected chi connectivity index (χ0v) is 21.5. The molecule has 1 unspecified atom stereocenters. The van der Waals surface area contributed by atoms with E-state index in [-0.39, 0.29) is 23.6 Å². The van der Waals surface area contributed by atoms with Gasteiger partial charge in [-0.05, 0) is 56.5 Å². The number of aryl methyl sites for hydroxylation is 1. The molecule has 4 rings (SSSR count). The van der Waals surface area contributed by atoms with Crippen molar-refractivity contribution in [1.29, 1.82) is 0 Å². The van der Waals surface area contributed by atoms with Crippen molar-refractivity contribution in [2.45, 2.75) is 44.4 Å². The highest BCUT2D eigenvalue weighted by atomic mass is 35.5. The second-order valence-electron chi connectivity index (χ2n) is 8.26. The Bertz CT molecular complexity index is 1230. The maximum atomic E-state index is 13.2. The molecule has 1 saturated heterocycles. The van der Waals surface area contributed by atoms with Crippen LogP contribution in [0.4, 0.5) is 5.69 Å². The summed E-state index contributed by atoms with van der Waals surface area (Å²) in [6.07, 6.45) is 1.67. The number of amides is 2. The molecule has 2 amide bonds. The van der Waals surface area contributed by atoms with Crippen LogP contribution in [0.25, 0.3) is 0 Å². The van der Waals surface area contributed by atoms with Gasteiger partial charge in [-0.1, -0.05) is 41.6 Å². The fourth-order valence-corrected chi connectivity index (χ4v) is 5.28. The number of halogens is 1. The SMILES string of the molecule is CCn1c(SCC(=O)Nc2cc(C)ccc2OC)nnc1C1CCCN1C(=O)c1ccccc1Cl. The maximum Gasteiger partial charge on any atom is 0.255 e. The summed E-state index contributed by atoms with van der Waals surface area (Å²) in [5.41, 5.74) is 2.15. The summed E-state index contributed by atoms with van der Waals surface area (Å²) in [4.78, 5) is 27.7. The van der Waals surface area contributed by atoms with Crippen LogP contribution in [0.1, 0.15) is 47.6 Å². The van der Waals surface area contributed by atoms with Crippen LogP contribution in [-0.4, -0.2) is 50.9 Å². The number of carbonyl (C=O) groups excluding carboxylic acids is 2. The smallest absolute Gasteiger partial charge is 0.255 e. The van der Waals surface area contributed by atoms with Crippen LogP contribution in [0.5, 0.6) is 5.75 Å². The van der Waals surface area contributed by atoms with Crippen LogP contribution in [0.3, 0.4) is 0 Å². The van der Waals surface area contributed by atoms with E-state index in [4.69, 9.17) is 16.3 Å². The Balaban J connectivity index is 1.47. The third-order valence-electron chi connectivity index (χ3n) is 5.94. The topological polar surface area (TPSA) is 89.3 Å². The third-order valence-corrected chi connectivity index (χ3v) is 7.24. The molecule has 10 heteroatoms. The summed E-state index contributed by atoms with van der Waals surface area (Å²) in [7, 11) is 1.57. The number of nitrogens with one attached hydrogen (secondary N) is 1. The van der Waals surface area contributed by atoms with Crippen molar-refractivity contribution in [2.75, 3.05) is 24.7 Å². The van der Waals surface area contributed by atoms with Crippen molar-refractivity contribution in [3.05, 3.63) is 64.4 Å². The van der Waals surface area contributed by atoms with Crippen LogP contribution in [-0.2, 0) is 11.3 Å². The van der Waals surface area contributed by atoms with Gasteiger partial charge in [-0.15, -0.1) is 10.2 Å². The minimum Gasteiger partial charge on any atom is -0.495 e. The number of benzene rings is 2. The van der Waals surface area contributed by atoms with Crippen molar-refractivity contribution in [2.24, 2.45) is 0 Å². The van der Waals surface area contributed by atoms with E-state index in [1.807, 2.05) is 53.6 Å². The standard InChI is InChI=1S/C25H28ClN5O3S/c1-4-30-23(20-10-7-13-31(20)24(33)17-8-5-6-9-18(17)26)28-29-25(30)35-15-22(32)27-19-14-16(2)11-12-21(19)34-3/h5-6,8-9,11-12,14,20H,4,7,10,13,15H2,1-3H3,(H,27,32). The van der Waals surface area contributed by atoms with Gasteiger partial charge in [0.2, 0.25) is 5.91 Å². The number of thioether (sulfide) groups is 1. The summed E-state index contributed by atoms with van der Waals surface area (Å²) in [6.45, 7) is 5.22. The summed E-state index contributed by atoms with van der Waals surface area (Å²) < 4.78 is 7.32. The summed E-state index contributed by atoms with van der Waals surface area (Å²) in [5.74, 6) is 1.24. The molecule has 35 heavy (non-hydrogen) atoms. The lowest BCUT2D eigenvalue weighted by Gasteiger charge is -2.25. The molecule has 0 aliphatic carbocycles. The largest absolute Gasteiger partial charge is 0.495 e. The highest BCUT2D eigenvalue weighted by Crippen LogP contribution is 2.35. The molecule has 1 aromatic heterocycles. The van der Waals surface area contributed by atoms with Crippen molar-refractivity contribution in [3.63, 3.8) is 0 Å². The second-order valence-corrected chi connectivity index (χ2v) is 9.61. The molecule has 3 aromatic rings. The summed E-state index contributed by atoms with van der Waals surface area (Å²) in [5, 5.41) is 12.8. The van der Waals surface area contributed by atoms with Crippen molar-refractivity contribution < 1.29 is 14.3 Å².